The first-order valence-electron chi connectivity index (χ1n) is 4.50. The van der Waals surface area contributed by atoms with E-state index < -0.39 is 49.0 Å². The molecule has 0 aliphatic rings. The number of alkyl halides is 2. The Balaban J connectivity index is 4.65. The molecule has 0 unspecified atom stereocenters. The molecule has 100 valence electrons. The molecule has 0 spiro atoms. The quantitative estimate of drug-likeness (QED) is 0.302. The average molecular weight is 257 g/mol. The third-order valence-electron chi connectivity index (χ3n) is 2.04. The lowest BCUT2D eigenvalue weighted by Crippen LogP contribution is -2.55. The molecular formula is C8H13F2NO6. The maximum atomic E-state index is 11.9. The lowest BCUT2D eigenvalue weighted by atomic mass is 9.97. The second-order valence-corrected chi connectivity index (χ2v) is 3.29. The largest absolute Gasteiger partial charge is 0.394 e. The SMILES string of the molecule is N[C@H](C(=O)C(=O)C(F)F)[C@@H](O)[C@H](O)[C@H](O)CO. The Hall–Kier alpha value is -1.00. The van der Waals surface area contributed by atoms with Crippen molar-refractivity contribution in [3.8, 4) is 0 Å². The van der Waals surface area contributed by atoms with Crippen LogP contribution in [0.5, 0.6) is 0 Å². The zero-order valence-electron chi connectivity index (χ0n) is 8.53. The molecule has 0 bridgehead atoms. The fourth-order valence-electron chi connectivity index (χ4n) is 0.975. The molecule has 0 radical (unpaired) electrons. The Kier molecular flexibility index (Phi) is 6.27. The van der Waals surface area contributed by atoms with Crippen LogP contribution in [0.2, 0.25) is 0 Å². The van der Waals surface area contributed by atoms with E-state index in [9.17, 15) is 23.5 Å². The topological polar surface area (TPSA) is 141 Å². The molecule has 0 amide bonds. The highest BCUT2D eigenvalue weighted by atomic mass is 19.3. The first-order valence-corrected chi connectivity index (χ1v) is 4.50. The molecule has 4 atom stereocenters. The number of aliphatic hydroxyl groups excluding tert-OH is 4. The van der Waals surface area contributed by atoms with Crippen molar-refractivity contribution in [1.82, 2.24) is 0 Å². The van der Waals surface area contributed by atoms with Crippen molar-refractivity contribution in [2.24, 2.45) is 5.73 Å². The highest BCUT2D eigenvalue weighted by Crippen LogP contribution is 2.07. The van der Waals surface area contributed by atoms with Gasteiger partial charge in [-0.2, -0.15) is 0 Å². The maximum Gasteiger partial charge on any atom is 0.303 e. The first kappa shape index (κ1) is 16.0. The molecule has 0 aliphatic carbocycles. The molecule has 0 aromatic heterocycles. The number of carbonyl (C=O) groups excluding carboxylic acids is 2. The van der Waals surface area contributed by atoms with E-state index in [0.717, 1.165) is 0 Å². The molecule has 0 saturated heterocycles. The third-order valence-corrected chi connectivity index (χ3v) is 2.04. The van der Waals surface area contributed by atoms with Crippen LogP contribution in [-0.2, 0) is 9.59 Å². The first-order chi connectivity index (χ1) is 7.73. The van der Waals surface area contributed by atoms with Gasteiger partial charge < -0.3 is 26.2 Å². The van der Waals surface area contributed by atoms with Crippen molar-refractivity contribution in [1.29, 1.82) is 0 Å². The minimum absolute atomic E-state index is 0.943. The van der Waals surface area contributed by atoms with Gasteiger partial charge in [-0.1, -0.05) is 0 Å². The fourth-order valence-corrected chi connectivity index (χ4v) is 0.975. The van der Waals surface area contributed by atoms with Crippen molar-refractivity contribution < 1.29 is 38.8 Å². The number of aliphatic hydroxyl groups is 4. The molecule has 0 rings (SSSR count). The summed E-state index contributed by atoms with van der Waals surface area (Å²) in [6.07, 6.45) is -9.57. The molecule has 0 heterocycles. The summed E-state index contributed by atoms with van der Waals surface area (Å²) in [5, 5.41) is 35.7. The Bertz CT molecular complexity index is 287. The molecule has 0 aromatic carbocycles. The van der Waals surface area contributed by atoms with Gasteiger partial charge >= 0.3 is 6.43 Å². The molecule has 0 fully saturated rings. The number of nitrogens with two attached hydrogens (primary N) is 1. The minimum Gasteiger partial charge on any atom is -0.394 e. The van der Waals surface area contributed by atoms with Crippen LogP contribution in [0.25, 0.3) is 0 Å². The van der Waals surface area contributed by atoms with Crippen LogP contribution in [0.4, 0.5) is 8.78 Å². The van der Waals surface area contributed by atoms with Gasteiger partial charge in [0, 0.05) is 0 Å². The van der Waals surface area contributed by atoms with Crippen LogP contribution >= 0.6 is 0 Å². The number of rotatable bonds is 7. The monoisotopic (exact) mass is 257 g/mol. The van der Waals surface area contributed by atoms with Gasteiger partial charge in [-0.15, -0.1) is 0 Å². The van der Waals surface area contributed by atoms with Gasteiger partial charge in [0.15, 0.2) is 0 Å². The summed E-state index contributed by atoms with van der Waals surface area (Å²) < 4.78 is 23.7. The fraction of sp³-hybridized carbons (Fsp3) is 0.750. The number of ketones is 2. The van der Waals surface area contributed by atoms with Crippen molar-refractivity contribution in [3.05, 3.63) is 0 Å². The van der Waals surface area contributed by atoms with E-state index in [1.807, 2.05) is 0 Å². The molecule has 0 aliphatic heterocycles. The molecule has 0 aromatic rings. The molecule has 0 saturated carbocycles. The summed E-state index contributed by atoms with van der Waals surface area (Å²) in [7, 11) is 0. The maximum absolute atomic E-state index is 11.9. The summed E-state index contributed by atoms with van der Waals surface area (Å²) in [4.78, 5) is 21.5. The Morgan fingerprint density at radius 2 is 1.53 bits per heavy atom. The number of Topliss-reactive ketones (excluding diaryl/α,β-unsaturated/α-hetero) is 2. The number of hydrogen-bond donors (Lipinski definition) is 5. The summed E-state index contributed by atoms with van der Waals surface area (Å²) >= 11 is 0. The second-order valence-electron chi connectivity index (χ2n) is 3.29. The van der Waals surface area contributed by atoms with E-state index in [4.69, 9.17) is 21.1 Å². The predicted molar refractivity (Wildman–Crippen MR) is 49.1 cm³/mol. The molecule has 17 heavy (non-hydrogen) atoms. The molecule has 9 heteroatoms. The van der Waals surface area contributed by atoms with Crippen LogP contribution in [0.3, 0.4) is 0 Å². The normalized spacial score (nSPS) is 18.6. The summed E-state index contributed by atoms with van der Waals surface area (Å²) in [6, 6.07) is -2.10. The van der Waals surface area contributed by atoms with Gasteiger partial charge in [-0.3, -0.25) is 9.59 Å². The van der Waals surface area contributed by atoms with E-state index in [-0.39, 0.29) is 0 Å². The van der Waals surface area contributed by atoms with E-state index in [1.165, 1.54) is 0 Å². The van der Waals surface area contributed by atoms with E-state index in [0.29, 0.717) is 0 Å². The number of hydrogen-bond acceptors (Lipinski definition) is 7. The van der Waals surface area contributed by atoms with Gasteiger partial charge in [-0.05, 0) is 0 Å². The van der Waals surface area contributed by atoms with Crippen LogP contribution in [0.15, 0.2) is 0 Å². The van der Waals surface area contributed by atoms with Gasteiger partial charge in [0.05, 0.1) is 6.61 Å². The zero-order valence-corrected chi connectivity index (χ0v) is 8.53. The summed E-state index contributed by atoms with van der Waals surface area (Å²) in [6.45, 7) is -0.943. The lowest BCUT2D eigenvalue weighted by molar-refractivity contribution is -0.147. The smallest absolute Gasteiger partial charge is 0.303 e. The van der Waals surface area contributed by atoms with Crippen LogP contribution in [0.1, 0.15) is 0 Å². The number of carbonyl (C=O) groups is 2. The van der Waals surface area contributed by atoms with Crippen LogP contribution in [0, 0.1) is 0 Å². The Morgan fingerprint density at radius 1 is 1.06 bits per heavy atom. The van der Waals surface area contributed by atoms with Crippen molar-refractivity contribution >= 4 is 11.6 Å². The predicted octanol–water partition coefficient (Wildman–Crippen LogP) is -3.21. The number of halogens is 2. The van der Waals surface area contributed by atoms with E-state index in [1.54, 1.807) is 0 Å². The van der Waals surface area contributed by atoms with Crippen molar-refractivity contribution in [2.45, 2.75) is 30.8 Å². The molecule has 6 N–H and O–H groups in total. The van der Waals surface area contributed by atoms with Gasteiger partial charge in [-0.25, -0.2) is 8.78 Å². The van der Waals surface area contributed by atoms with Crippen LogP contribution < -0.4 is 5.73 Å². The van der Waals surface area contributed by atoms with Gasteiger partial charge in [0.25, 0.3) is 5.78 Å². The minimum atomic E-state index is -3.57. The Morgan fingerprint density at radius 3 is 1.88 bits per heavy atom. The standard InChI is InChI=1S/C8H13F2NO6/c9-8(10)7(17)6(16)3(11)5(15)4(14)2(13)1-12/h2-5,8,12-15H,1,11H2/t2-,3+,4-,5-/m1/s1. The lowest BCUT2D eigenvalue weighted by Gasteiger charge is -2.25. The molecular weight excluding hydrogens is 244 g/mol. The van der Waals surface area contributed by atoms with Crippen molar-refractivity contribution in [2.75, 3.05) is 6.61 Å². The summed E-state index contributed by atoms with van der Waals surface area (Å²) in [5.74, 6) is -3.86. The highest BCUT2D eigenvalue weighted by Gasteiger charge is 2.38. The van der Waals surface area contributed by atoms with Crippen molar-refractivity contribution in [3.63, 3.8) is 0 Å². The zero-order chi connectivity index (χ0) is 13.7. The average Bonchev–Trinajstić information content (AvgIpc) is 2.32. The second kappa shape index (κ2) is 6.67. The van der Waals surface area contributed by atoms with Crippen LogP contribution in [-0.4, -0.2) is 69.4 Å². The highest BCUT2D eigenvalue weighted by molar-refractivity contribution is 6.40. The summed E-state index contributed by atoms with van der Waals surface area (Å²) in [5.41, 5.74) is 4.99. The van der Waals surface area contributed by atoms with Gasteiger partial charge in [0.2, 0.25) is 5.78 Å². The molecule has 7 nitrogen and oxygen atoms in total. The van der Waals surface area contributed by atoms with Gasteiger partial charge in [0.1, 0.15) is 24.4 Å². The Labute approximate surface area is 94.5 Å². The van der Waals surface area contributed by atoms with E-state index in [2.05, 4.69) is 0 Å². The van der Waals surface area contributed by atoms with E-state index >= 15 is 0 Å². The third kappa shape index (κ3) is 4.06.